The first-order valence-electron chi connectivity index (χ1n) is 4.06. The van der Waals surface area contributed by atoms with E-state index in [1.165, 1.54) is 28.7 Å². The van der Waals surface area contributed by atoms with Crippen molar-refractivity contribution in [2.45, 2.75) is 12.5 Å². The molecule has 5 heteroatoms. The van der Waals surface area contributed by atoms with Crippen LogP contribution in [0.1, 0.15) is 16.0 Å². The molecule has 74 valence electrons. The van der Waals surface area contributed by atoms with E-state index in [0.717, 1.165) is 5.01 Å². The van der Waals surface area contributed by atoms with E-state index in [9.17, 15) is 9.50 Å². The number of hydrogen-bond acceptors (Lipinski definition) is 4. The van der Waals surface area contributed by atoms with Crippen LogP contribution >= 0.6 is 22.7 Å². The molecule has 14 heavy (non-hydrogen) atoms. The third-order valence-corrected chi connectivity index (χ3v) is 3.59. The van der Waals surface area contributed by atoms with Crippen LogP contribution in [0.4, 0.5) is 4.39 Å². The van der Waals surface area contributed by atoms with E-state index in [0.29, 0.717) is 11.3 Å². The van der Waals surface area contributed by atoms with Crippen molar-refractivity contribution in [3.63, 3.8) is 0 Å². The van der Waals surface area contributed by atoms with Gasteiger partial charge in [-0.15, -0.1) is 22.7 Å². The van der Waals surface area contributed by atoms with Crippen molar-refractivity contribution in [3.8, 4) is 0 Å². The van der Waals surface area contributed by atoms with Crippen molar-refractivity contribution in [2.75, 3.05) is 0 Å². The Kier molecular flexibility index (Phi) is 2.90. The van der Waals surface area contributed by atoms with Gasteiger partial charge in [-0.05, 0) is 11.4 Å². The van der Waals surface area contributed by atoms with Crippen molar-refractivity contribution < 1.29 is 9.50 Å². The molecule has 0 aliphatic carbocycles. The van der Waals surface area contributed by atoms with Crippen molar-refractivity contribution in [3.05, 3.63) is 38.7 Å². The summed E-state index contributed by atoms with van der Waals surface area (Å²) in [7, 11) is 0. The highest BCUT2D eigenvalue weighted by Gasteiger charge is 2.15. The maximum absolute atomic E-state index is 13.1. The minimum absolute atomic E-state index is 0.334. The number of nitrogens with zero attached hydrogens (tertiary/aromatic N) is 1. The highest BCUT2D eigenvalue weighted by atomic mass is 32.1. The van der Waals surface area contributed by atoms with E-state index in [4.69, 9.17) is 0 Å². The van der Waals surface area contributed by atoms with E-state index in [2.05, 4.69) is 4.98 Å². The normalized spacial score (nSPS) is 13.0. The molecule has 1 N–H and O–H groups in total. The molecule has 0 radical (unpaired) electrons. The fourth-order valence-corrected chi connectivity index (χ4v) is 2.56. The molecule has 2 aromatic heterocycles. The quantitative estimate of drug-likeness (QED) is 0.877. The minimum Gasteiger partial charge on any atom is -0.387 e. The zero-order valence-corrected chi connectivity index (χ0v) is 8.82. The molecular weight excluding hydrogens is 221 g/mol. The summed E-state index contributed by atoms with van der Waals surface area (Å²) in [6.45, 7) is 0. The Morgan fingerprint density at radius 2 is 2.29 bits per heavy atom. The SMILES string of the molecule is OC(Cc1nccs1)c1sccc1F. The maximum Gasteiger partial charge on any atom is 0.139 e. The lowest BCUT2D eigenvalue weighted by Gasteiger charge is -2.05. The molecule has 2 rings (SSSR count). The van der Waals surface area contributed by atoms with Crippen molar-refractivity contribution in [1.29, 1.82) is 0 Å². The summed E-state index contributed by atoms with van der Waals surface area (Å²) in [5.74, 6) is -0.334. The summed E-state index contributed by atoms with van der Waals surface area (Å²) in [6.07, 6.45) is 1.29. The Balaban J connectivity index is 2.10. The zero-order valence-electron chi connectivity index (χ0n) is 7.18. The number of thiazole rings is 1. The van der Waals surface area contributed by atoms with Gasteiger partial charge >= 0.3 is 0 Å². The third-order valence-electron chi connectivity index (χ3n) is 1.80. The van der Waals surface area contributed by atoms with Gasteiger partial charge in [0, 0.05) is 18.0 Å². The number of aliphatic hydroxyl groups is 1. The molecule has 0 amide bonds. The smallest absolute Gasteiger partial charge is 0.139 e. The Morgan fingerprint density at radius 3 is 2.86 bits per heavy atom. The molecule has 0 saturated heterocycles. The summed E-state index contributed by atoms with van der Waals surface area (Å²) in [6, 6.07) is 1.37. The van der Waals surface area contributed by atoms with E-state index >= 15 is 0 Å². The number of aromatic nitrogens is 1. The van der Waals surface area contributed by atoms with Gasteiger partial charge in [0.05, 0.1) is 16.0 Å². The fraction of sp³-hybridized carbons (Fsp3) is 0.222. The van der Waals surface area contributed by atoms with Crippen molar-refractivity contribution >= 4 is 22.7 Å². The minimum atomic E-state index is -0.777. The maximum atomic E-state index is 13.1. The van der Waals surface area contributed by atoms with E-state index in [-0.39, 0.29) is 5.82 Å². The van der Waals surface area contributed by atoms with Gasteiger partial charge in [-0.2, -0.15) is 0 Å². The fourth-order valence-electron chi connectivity index (χ4n) is 1.16. The summed E-state index contributed by atoms with van der Waals surface area (Å²) >= 11 is 2.70. The first-order chi connectivity index (χ1) is 6.77. The second-order valence-corrected chi connectivity index (χ2v) is 4.71. The zero-order chi connectivity index (χ0) is 9.97. The molecule has 1 atom stereocenters. The van der Waals surface area contributed by atoms with Crippen LogP contribution in [0.2, 0.25) is 0 Å². The molecule has 0 saturated carbocycles. The summed E-state index contributed by atoms with van der Waals surface area (Å²) in [5, 5.41) is 14.0. The predicted octanol–water partition coefficient (Wildman–Crippen LogP) is 2.62. The number of thiophene rings is 1. The molecule has 0 fully saturated rings. The van der Waals surface area contributed by atoms with Gasteiger partial charge in [0.1, 0.15) is 5.82 Å². The highest BCUT2D eigenvalue weighted by molar-refractivity contribution is 7.10. The Morgan fingerprint density at radius 1 is 1.43 bits per heavy atom. The molecule has 0 aromatic carbocycles. The lowest BCUT2D eigenvalue weighted by molar-refractivity contribution is 0.178. The van der Waals surface area contributed by atoms with Crippen LogP contribution in [-0.2, 0) is 6.42 Å². The number of halogens is 1. The lowest BCUT2D eigenvalue weighted by atomic mass is 10.2. The summed E-state index contributed by atoms with van der Waals surface area (Å²) in [5.41, 5.74) is 0. The van der Waals surface area contributed by atoms with Gasteiger partial charge in [-0.3, -0.25) is 0 Å². The van der Waals surface area contributed by atoms with Gasteiger partial charge in [-0.1, -0.05) is 0 Å². The molecule has 0 aliphatic heterocycles. The number of hydrogen-bond donors (Lipinski definition) is 1. The van der Waals surface area contributed by atoms with Gasteiger partial charge in [0.2, 0.25) is 0 Å². The molecule has 0 aliphatic rings. The van der Waals surface area contributed by atoms with Crippen LogP contribution < -0.4 is 0 Å². The molecule has 1 unspecified atom stereocenters. The van der Waals surface area contributed by atoms with Gasteiger partial charge in [0.15, 0.2) is 0 Å². The standard InChI is InChI=1S/C9H8FNOS2/c10-6-1-3-14-9(6)7(12)5-8-11-2-4-13-8/h1-4,7,12H,5H2. The Labute approximate surface area is 88.7 Å². The second kappa shape index (κ2) is 4.16. The van der Waals surface area contributed by atoms with E-state index in [1.54, 1.807) is 11.6 Å². The van der Waals surface area contributed by atoms with Gasteiger partial charge in [0.25, 0.3) is 0 Å². The van der Waals surface area contributed by atoms with Gasteiger partial charge in [-0.25, -0.2) is 9.37 Å². The molecule has 2 nitrogen and oxygen atoms in total. The Hall–Kier alpha value is -0.780. The van der Waals surface area contributed by atoms with Crippen LogP contribution in [-0.4, -0.2) is 10.1 Å². The highest BCUT2D eigenvalue weighted by Crippen LogP contribution is 2.26. The monoisotopic (exact) mass is 229 g/mol. The van der Waals surface area contributed by atoms with Crippen LogP contribution in [0.5, 0.6) is 0 Å². The van der Waals surface area contributed by atoms with Crippen LogP contribution in [0.15, 0.2) is 23.0 Å². The van der Waals surface area contributed by atoms with Crippen LogP contribution in [0.25, 0.3) is 0 Å². The predicted molar refractivity (Wildman–Crippen MR) is 55.1 cm³/mol. The summed E-state index contributed by atoms with van der Waals surface area (Å²) < 4.78 is 13.1. The average Bonchev–Trinajstić information content (AvgIpc) is 2.75. The van der Waals surface area contributed by atoms with E-state index in [1.807, 2.05) is 5.38 Å². The van der Waals surface area contributed by atoms with Crippen LogP contribution in [0, 0.1) is 5.82 Å². The van der Waals surface area contributed by atoms with Crippen molar-refractivity contribution in [1.82, 2.24) is 4.98 Å². The molecular formula is C9H8FNOS2. The largest absolute Gasteiger partial charge is 0.387 e. The molecule has 0 bridgehead atoms. The average molecular weight is 229 g/mol. The van der Waals surface area contributed by atoms with E-state index < -0.39 is 6.10 Å². The molecule has 2 heterocycles. The van der Waals surface area contributed by atoms with Crippen molar-refractivity contribution in [2.24, 2.45) is 0 Å². The van der Waals surface area contributed by atoms with Crippen LogP contribution in [0.3, 0.4) is 0 Å². The first kappa shape index (κ1) is 9.76. The first-order valence-corrected chi connectivity index (χ1v) is 5.82. The number of aliphatic hydroxyl groups excluding tert-OH is 1. The third kappa shape index (κ3) is 2.00. The second-order valence-electron chi connectivity index (χ2n) is 2.78. The Bertz CT molecular complexity index is 399. The molecule has 0 spiro atoms. The number of rotatable bonds is 3. The topological polar surface area (TPSA) is 33.1 Å². The lowest BCUT2D eigenvalue weighted by Crippen LogP contribution is -2.00. The summed E-state index contributed by atoms with van der Waals surface area (Å²) in [4.78, 5) is 4.43. The van der Waals surface area contributed by atoms with Gasteiger partial charge < -0.3 is 5.11 Å². The molecule has 2 aromatic rings.